The van der Waals surface area contributed by atoms with Crippen molar-refractivity contribution >= 4 is 33.9 Å². The molecule has 0 saturated carbocycles. The molecule has 0 amide bonds. The Morgan fingerprint density at radius 3 is 2.47 bits per heavy atom. The summed E-state index contributed by atoms with van der Waals surface area (Å²) in [6, 6.07) is 12.8. The summed E-state index contributed by atoms with van der Waals surface area (Å²) in [5, 5.41) is 5.74. The van der Waals surface area contributed by atoms with Crippen LogP contribution < -0.4 is 14.2 Å². The topological polar surface area (TPSA) is 30.9 Å². The second-order valence-corrected chi connectivity index (χ2v) is 9.78. The van der Waals surface area contributed by atoms with Gasteiger partial charge in [0.25, 0.3) is 0 Å². The van der Waals surface area contributed by atoms with Gasteiger partial charge < -0.3 is 14.2 Å². The summed E-state index contributed by atoms with van der Waals surface area (Å²) in [6.07, 6.45) is 2.45. The van der Waals surface area contributed by atoms with E-state index in [-0.39, 0.29) is 0 Å². The van der Waals surface area contributed by atoms with Crippen molar-refractivity contribution in [1.82, 2.24) is 4.90 Å². The highest BCUT2D eigenvalue weighted by Crippen LogP contribution is 2.42. The van der Waals surface area contributed by atoms with Gasteiger partial charge in [-0.15, -0.1) is 11.3 Å². The van der Waals surface area contributed by atoms with E-state index in [1.165, 1.54) is 28.5 Å². The number of hydrogen-bond acceptors (Lipinski definition) is 6. The summed E-state index contributed by atoms with van der Waals surface area (Å²) in [5.74, 6) is 3.09. The number of fused-ring (bicyclic) bond motifs is 1. The van der Waals surface area contributed by atoms with Crippen molar-refractivity contribution < 1.29 is 14.2 Å². The Kier molecular flexibility index (Phi) is 7.08. The van der Waals surface area contributed by atoms with Crippen LogP contribution >= 0.6 is 23.1 Å². The zero-order valence-corrected chi connectivity index (χ0v) is 19.5. The highest BCUT2D eigenvalue weighted by atomic mass is 32.2. The van der Waals surface area contributed by atoms with Gasteiger partial charge >= 0.3 is 0 Å². The molecule has 6 heteroatoms. The summed E-state index contributed by atoms with van der Waals surface area (Å²) >= 11 is 3.92. The molecule has 0 N–H and O–H groups in total. The van der Waals surface area contributed by atoms with Crippen LogP contribution in [0.2, 0.25) is 0 Å². The van der Waals surface area contributed by atoms with Crippen molar-refractivity contribution in [2.24, 2.45) is 0 Å². The maximum atomic E-state index is 5.64. The van der Waals surface area contributed by atoms with Crippen LogP contribution in [0.1, 0.15) is 23.3 Å². The predicted molar refractivity (Wildman–Crippen MR) is 128 cm³/mol. The van der Waals surface area contributed by atoms with Gasteiger partial charge in [-0.1, -0.05) is 30.3 Å². The Morgan fingerprint density at radius 1 is 0.967 bits per heavy atom. The highest BCUT2D eigenvalue weighted by Gasteiger charge is 2.22. The first-order chi connectivity index (χ1) is 14.7. The van der Waals surface area contributed by atoms with E-state index in [4.69, 9.17) is 14.2 Å². The van der Waals surface area contributed by atoms with Crippen LogP contribution in [0.3, 0.4) is 0 Å². The summed E-state index contributed by atoms with van der Waals surface area (Å²) < 4.78 is 16.5. The van der Waals surface area contributed by atoms with Gasteiger partial charge in [-0.3, -0.25) is 4.90 Å². The molecular formula is C24H29NO3S2. The van der Waals surface area contributed by atoms with Crippen LogP contribution in [-0.4, -0.2) is 44.6 Å². The van der Waals surface area contributed by atoms with Crippen molar-refractivity contribution in [3.05, 3.63) is 52.2 Å². The third-order valence-corrected chi connectivity index (χ3v) is 8.18. The van der Waals surface area contributed by atoms with E-state index in [0.29, 0.717) is 16.7 Å². The first-order valence-corrected chi connectivity index (χ1v) is 12.2. The highest BCUT2D eigenvalue weighted by molar-refractivity contribution is 7.99. The minimum Gasteiger partial charge on any atom is -0.493 e. The Hall–Kier alpha value is -1.89. The molecule has 1 aliphatic heterocycles. The molecule has 160 valence electrons. The maximum Gasteiger partial charge on any atom is 0.203 e. The van der Waals surface area contributed by atoms with Gasteiger partial charge in [0.2, 0.25) is 5.75 Å². The Balaban J connectivity index is 1.32. The van der Waals surface area contributed by atoms with Gasteiger partial charge in [0.05, 0.1) is 21.3 Å². The standard InChI is InChI=1S/C24H29NO3S2/c1-26-21-9-8-18(23(27-2)24(21)28-3)16-29-19-10-12-25(13-11-19)14-22-20-7-5-4-6-17(20)15-30-22/h4-9,15,19H,10-14,16H2,1-3H3. The Bertz CT molecular complexity index is 980. The van der Waals surface area contributed by atoms with Crippen LogP contribution in [0.15, 0.2) is 41.8 Å². The van der Waals surface area contributed by atoms with Crippen LogP contribution in [0.25, 0.3) is 10.8 Å². The smallest absolute Gasteiger partial charge is 0.203 e. The number of hydrogen-bond donors (Lipinski definition) is 0. The van der Waals surface area contributed by atoms with Gasteiger partial charge in [0, 0.05) is 28.0 Å². The van der Waals surface area contributed by atoms with Gasteiger partial charge in [-0.2, -0.15) is 11.8 Å². The monoisotopic (exact) mass is 443 g/mol. The lowest BCUT2D eigenvalue weighted by molar-refractivity contribution is 0.227. The molecular weight excluding hydrogens is 414 g/mol. The number of benzene rings is 2. The fourth-order valence-corrected chi connectivity index (χ4v) is 6.33. The van der Waals surface area contributed by atoms with Crippen molar-refractivity contribution in [1.29, 1.82) is 0 Å². The van der Waals surface area contributed by atoms with E-state index in [0.717, 1.165) is 36.7 Å². The summed E-state index contributed by atoms with van der Waals surface area (Å²) in [7, 11) is 5.00. The molecule has 2 aromatic carbocycles. The SMILES string of the molecule is COc1ccc(CSC2CCN(Cc3scc4ccccc34)CC2)c(OC)c1OC. The molecule has 0 spiro atoms. The molecule has 4 rings (SSSR count). The lowest BCUT2D eigenvalue weighted by Crippen LogP contribution is -2.34. The molecule has 30 heavy (non-hydrogen) atoms. The molecule has 0 radical (unpaired) electrons. The van der Waals surface area contributed by atoms with Gasteiger partial charge in [0.15, 0.2) is 11.5 Å². The van der Waals surface area contributed by atoms with E-state index < -0.39 is 0 Å². The zero-order valence-electron chi connectivity index (χ0n) is 17.8. The minimum absolute atomic E-state index is 0.677. The quantitative estimate of drug-likeness (QED) is 0.437. The first-order valence-electron chi connectivity index (χ1n) is 10.3. The molecule has 0 atom stereocenters. The molecule has 0 aliphatic carbocycles. The largest absolute Gasteiger partial charge is 0.493 e. The van der Waals surface area contributed by atoms with Crippen molar-refractivity contribution in [3.8, 4) is 17.2 Å². The second-order valence-electron chi connectivity index (χ2n) is 7.53. The molecule has 4 nitrogen and oxygen atoms in total. The van der Waals surface area contributed by atoms with Crippen LogP contribution in [0.5, 0.6) is 17.2 Å². The first kappa shape index (κ1) is 21.3. The van der Waals surface area contributed by atoms with Crippen molar-refractivity contribution in [3.63, 3.8) is 0 Å². The van der Waals surface area contributed by atoms with Gasteiger partial charge in [-0.05, 0) is 48.2 Å². The molecule has 0 bridgehead atoms. The summed E-state index contributed by atoms with van der Waals surface area (Å²) in [4.78, 5) is 4.10. The molecule has 1 aliphatic rings. The van der Waals surface area contributed by atoms with Crippen LogP contribution in [0.4, 0.5) is 0 Å². The number of thiophene rings is 1. The van der Waals surface area contributed by atoms with Crippen LogP contribution in [0, 0.1) is 0 Å². The lowest BCUT2D eigenvalue weighted by atomic mass is 10.1. The number of rotatable bonds is 8. The average molecular weight is 444 g/mol. The Labute approximate surface area is 187 Å². The average Bonchev–Trinajstić information content (AvgIpc) is 3.20. The number of nitrogens with zero attached hydrogens (tertiary/aromatic N) is 1. The molecule has 1 saturated heterocycles. The minimum atomic E-state index is 0.677. The summed E-state index contributed by atoms with van der Waals surface area (Å²) in [6.45, 7) is 3.39. The van der Waals surface area contributed by atoms with Crippen molar-refractivity contribution in [2.75, 3.05) is 34.4 Å². The molecule has 3 aromatic rings. The number of ether oxygens (including phenoxy) is 3. The maximum absolute atomic E-state index is 5.64. The number of methoxy groups -OCH3 is 3. The molecule has 1 fully saturated rings. The van der Waals surface area contributed by atoms with Crippen LogP contribution in [-0.2, 0) is 12.3 Å². The predicted octanol–water partition coefficient (Wildman–Crippen LogP) is 5.82. The normalized spacial score (nSPS) is 15.4. The van der Waals surface area contributed by atoms with Gasteiger partial charge in [0.1, 0.15) is 0 Å². The molecule has 1 aromatic heterocycles. The van der Waals surface area contributed by atoms with E-state index in [1.807, 2.05) is 29.2 Å². The van der Waals surface area contributed by atoms with Gasteiger partial charge in [-0.25, -0.2) is 0 Å². The number of likely N-dealkylation sites (tertiary alicyclic amines) is 1. The van der Waals surface area contributed by atoms with E-state index >= 15 is 0 Å². The molecule has 2 heterocycles. The second kappa shape index (κ2) is 9.94. The number of thioether (sulfide) groups is 1. The fraction of sp³-hybridized carbons (Fsp3) is 0.417. The molecule has 0 unspecified atom stereocenters. The third-order valence-electron chi connectivity index (χ3n) is 5.75. The Morgan fingerprint density at radius 2 is 1.73 bits per heavy atom. The third kappa shape index (κ3) is 4.56. The van der Waals surface area contributed by atoms with E-state index in [1.54, 1.807) is 21.3 Å². The van der Waals surface area contributed by atoms with E-state index in [9.17, 15) is 0 Å². The lowest BCUT2D eigenvalue weighted by Gasteiger charge is -2.31. The summed E-state index contributed by atoms with van der Waals surface area (Å²) in [5.41, 5.74) is 1.16. The number of piperidine rings is 1. The zero-order chi connectivity index (χ0) is 20.9. The van der Waals surface area contributed by atoms with Crippen molar-refractivity contribution in [2.45, 2.75) is 30.4 Å². The van der Waals surface area contributed by atoms with E-state index in [2.05, 4.69) is 40.6 Å². The fourth-order valence-electron chi connectivity index (χ4n) is 4.10.